The number of sulfone groups is 1. The van der Waals surface area contributed by atoms with Crippen LogP contribution in [0.4, 0.5) is 0 Å². The third-order valence-electron chi connectivity index (χ3n) is 3.08. The van der Waals surface area contributed by atoms with E-state index in [2.05, 4.69) is 22.6 Å². The molecule has 2 unspecified atom stereocenters. The fraction of sp³-hybridized carbons (Fsp3) is 1.00. The second-order valence-electron chi connectivity index (χ2n) is 4.31. The molecule has 3 nitrogen and oxygen atoms in total. The van der Waals surface area contributed by atoms with Crippen molar-refractivity contribution in [1.29, 1.82) is 0 Å². The van der Waals surface area contributed by atoms with Crippen LogP contribution in [0, 0.1) is 0 Å². The first-order valence-electron chi connectivity index (χ1n) is 4.99. The molecule has 2 atom stereocenters. The molecule has 5 heteroatoms. The Labute approximate surface area is 98.6 Å². The first kappa shape index (κ1) is 11.1. The van der Waals surface area contributed by atoms with Gasteiger partial charge in [0.1, 0.15) is 0 Å². The van der Waals surface area contributed by atoms with Gasteiger partial charge in [0.15, 0.2) is 9.84 Å². The van der Waals surface area contributed by atoms with Crippen molar-refractivity contribution in [3.8, 4) is 0 Å². The van der Waals surface area contributed by atoms with E-state index in [0.717, 1.165) is 30.1 Å². The van der Waals surface area contributed by atoms with Crippen LogP contribution < -0.4 is 0 Å². The van der Waals surface area contributed by atoms with Crippen LogP contribution in [0.5, 0.6) is 0 Å². The van der Waals surface area contributed by atoms with Gasteiger partial charge in [-0.2, -0.15) is 0 Å². The van der Waals surface area contributed by atoms with Gasteiger partial charge in [-0.25, -0.2) is 8.42 Å². The Morgan fingerprint density at radius 2 is 2.21 bits per heavy atom. The maximum Gasteiger partial charge on any atom is 0.153 e. The highest BCUT2D eigenvalue weighted by atomic mass is 127. The predicted molar refractivity (Wildman–Crippen MR) is 63.6 cm³/mol. The summed E-state index contributed by atoms with van der Waals surface area (Å²) in [7, 11) is -2.83. The highest BCUT2D eigenvalue weighted by Gasteiger charge is 2.45. The summed E-state index contributed by atoms with van der Waals surface area (Å²) >= 11 is 2.30. The molecule has 1 spiro atoms. The maximum absolute atomic E-state index is 11.5. The van der Waals surface area contributed by atoms with Gasteiger partial charge in [-0.15, -0.1) is 0 Å². The molecule has 0 aliphatic carbocycles. The van der Waals surface area contributed by atoms with Gasteiger partial charge in [0.25, 0.3) is 0 Å². The van der Waals surface area contributed by atoms with E-state index < -0.39 is 9.84 Å². The molecule has 2 aliphatic rings. The van der Waals surface area contributed by atoms with Crippen LogP contribution in [0.1, 0.15) is 25.7 Å². The lowest BCUT2D eigenvalue weighted by Crippen LogP contribution is -2.42. The molecule has 2 saturated heterocycles. The fourth-order valence-corrected chi connectivity index (χ4v) is 4.96. The van der Waals surface area contributed by atoms with Gasteiger partial charge in [-0.1, -0.05) is 22.6 Å². The minimum Gasteiger partial charge on any atom is -0.370 e. The minimum absolute atomic E-state index is 0.257. The molecular weight excluding hydrogens is 315 g/mol. The zero-order valence-corrected chi connectivity index (χ0v) is 11.0. The average Bonchev–Trinajstić information content (AvgIpc) is 2.46. The Morgan fingerprint density at radius 3 is 2.79 bits per heavy atom. The number of hydrogen-bond acceptors (Lipinski definition) is 3. The van der Waals surface area contributed by atoms with E-state index in [1.54, 1.807) is 0 Å². The van der Waals surface area contributed by atoms with E-state index in [1.165, 1.54) is 0 Å². The van der Waals surface area contributed by atoms with Gasteiger partial charge in [-0.05, 0) is 25.7 Å². The Hall–Kier alpha value is 0.640. The van der Waals surface area contributed by atoms with Gasteiger partial charge in [0.05, 0.1) is 23.2 Å². The lowest BCUT2D eigenvalue weighted by Gasteiger charge is -2.32. The van der Waals surface area contributed by atoms with E-state index in [1.807, 2.05) is 0 Å². The number of hydrogen-bond donors (Lipinski definition) is 0. The van der Waals surface area contributed by atoms with Crippen molar-refractivity contribution in [2.75, 3.05) is 15.9 Å². The van der Waals surface area contributed by atoms with Gasteiger partial charge in [0.2, 0.25) is 0 Å². The topological polar surface area (TPSA) is 43.4 Å². The van der Waals surface area contributed by atoms with Crippen molar-refractivity contribution in [3.63, 3.8) is 0 Å². The van der Waals surface area contributed by atoms with Crippen molar-refractivity contribution >= 4 is 32.4 Å². The standard InChI is InChI=1S/C9H15IO3S/c10-6-8-2-4-9(13-8)3-1-5-14(11,12)7-9/h8H,1-7H2. The SMILES string of the molecule is O=S1(=O)CCCC2(CCC(CI)O2)C1. The number of alkyl halides is 1. The molecule has 0 aromatic heterocycles. The molecule has 0 N–H and O–H groups in total. The number of halogens is 1. The van der Waals surface area contributed by atoms with E-state index in [4.69, 9.17) is 4.74 Å². The second kappa shape index (κ2) is 3.90. The molecule has 82 valence electrons. The summed E-state index contributed by atoms with van der Waals surface area (Å²) in [5.41, 5.74) is -0.313. The fourth-order valence-electron chi connectivity index (χ4n) is 2.45. The molecule has 0 bridgehead atoms. The second-order valence-corrected chi connectivity index (χ2v) is 7.38. The van der Waals surface area contributed by atoms with Crippen molar-refractivity contribution in [2.24, 2.45) is 0 Å². The zero-order chi connectivity index (χ0) is 10.2. The molecule has 0 saturated carbocycles. The third-order valence-corrected chi connectivity index (χ3v) is 5.94. The molecule has 2 rings (SSSR count). The van der Waals surface area contributed by atoms with Gasteiger partial charge >= 0.3 is 0 Å². The largest absolute Gasteiger partial charge is 0.370 e. The summed E-state index contributed by atoms with van der Waals surface area (Å²) < 4.78 is 29.9. The molecule has 2 heterocycles. The predicted octanol–water partition coefficient (Wildman–Crippen LogP) is 1.55. The quantitative estimate of drug-likeness (QED) is 0.541. The Morgan fingerprint density at radius 1 is 1.43 bits per heavy atom. The Kier molecular flexibility index (Phi) is 3.10. The van der Waals surface area contributed by atoms with E-state index in [9.17, 15) is 8.42 Å². The molecule has 0 aromatic carbocycles. The summed E-state index contributed by atoms with van der Waals surface area (Å²) in [6, 6.07) is 0. The molecular formula is C9H15IO3S. The van der Waals surface area contributed by atoms with Crippen LogP contribution in [0.2, 0.25) is 0 Å². The van der Waals surface area contributed by atoms with Gasteiger partial charge in [0, 0.05) is 4.43 Å². The summed E-state index contributed by atoms with van der Waals surface area (Å²) in [4.78, 5) is 0. The van der Waals surface area contributed by atoms with Crippen LogP contribution in [0.3, 0.4) is 0 Å². The van der Waals surface area contributed by atoms with Crippen LogP contribution in [0.25, 0.3) is 0 Å². The van der Waals surface area contributed by atoms with Crippen LogP contribution >= 0.6 is 22.6 Å². The van der Waals surface area contributed by atoms with Gasteiger partial charge < -0.3 is 4.74 Å². The molecule has 2 fully saturated rings. The minimum atomic E-state index is -2.83. The van der Waals surface area contributed by atoms with Crippen molar-refractivity contribution in [3.05, 3.63) is 0 Å². The van der Waals surface area contributed by atoms with Crippen LogP contribution in [-0.4, -0.2) is 36.1 Å². The molecule has 0 aromatic rings. The number of rotatable bonds is 1. The van der Waals surface area contributed by atoms with Crippen LogP contribution in [-0.2, 0) is 14.6 Å². The number of ether oxygens (including phenoxy) is 1. The monoisotopic (exact) mass is 330 g/mol. The van der Waals surface area contributed by atoms with E-state index >= 15 is 0 Å². The summed E-state index contributed by atoms with van der Waals surface area (Å²) in [5.74, 6) is 0.611. The smallest absolute Gasteiger partial charge is 0.153 e. The van der Waals surface area contributed by atoms with Crippen LogP contribution in [0.15, 0.2) is 0 Å². The molecule has 14 heavy (non-hydrogen) atoms. The highest BCUT2D eigenvalue weighted by Crippen LogP contribution is 2.38. The van der Waals surface area contributed by atoms with Crippen molar-refractivity contribution in [1.82, 2.24) is 0 Å². The first-order valence-corrected chi connectivity index (χ1v) is 8.34. The molecule has 0 amide bonds. The Bertz CT molecular complexity index is 314. The molecule has 0 radical (unpaired) electrons. The van der Waals surface area contributed by atoms with E-state index in [-0.39, 0.29) is 17.5 Å². The normalized spacial score (nSPS) is 41.6. The average molecular weight is 330 g/mol. The summed E-state index contributed by atoms with van der Waals surface area (Å²) in [5, 5.41) is 0. The summed E-state index contributed by atoms with van der Waals surface area (Å²) in [6.45, 7) is 0. The van der Waals surface area contributed by atoms with Crippen molar-refractivity contribution < 1.29 is 13.2 Å². The molecule has 2 aliphatic heterocycles. The first-order chi connectivity index (χ1) is 6.55. The maximum atomic E-state index is 11.5. The van der Waals surface area contributed by atoms with Crippen molar-refractivity contribution in [2.45, 2.75) is 37.4 Å². The lowest BCUT2D eigenvalue weighted by molar-refractivity contribution is -0.0231. The Balaban J connectivity index is 2.10. The van der Waals surface area contributed by atoms with E-state index in [0.29, 0.717) is 5.75 Å². The highest BCUT2D eigenvalue weighted by molar-refractivity contribution is 14.1. The zero-order valence-electron chi connectivity index (χ0n) is 8.04. The summed E-state index contributed by atoms with van der Waals surface area (Å²) in [6.07, 6.45) is 3.94. The lowest BCUT2D eigenvalue weighted by atomic mass is 9.96. The third kappa shape index (κ3) is 2.24. The van der Waals surface area contributed by atoms with Gasteiger partial charge in [-0.3, -0.25) is 0 Å².